The van der Waals surface area contributed by atoms with E-state index in [1.165, 1.54) is 12.1 Å². The van der Waals surface area contributed by atoms with Crippen molar-refractivity contribution >= 4 is 46.7 Å². The first kappa shape index (κ1) is 22.4. The van der Waals surface area contributed by atoms with Crippen LogP contribution >= 0.6 is 24.0 Å². The van der Waals surface area contributed by atoms with Gasteiger partial charge >= 0.3 is 0 Å². The Hall–Kier alpha value is -1.84. The predicted molar refractivity (Wildman–Crippen MR) is 122 cm³/mol. The summed E-state index contributed by atoms with van der Waals surface area (Å²) < 4.78 is 13.3. The number of aliphatic imine (C=N–C) groups is 1. The van der Waals surface area contributed by atoms with Gasteiger partial charge in [-0.25, -0.2) is 4.39 Å². The lowest BCUT2D eigenvalue weighted by atomic mass is 10.1. The molecular formula is C20H29FIN5O. The van der Waals surface area contributed by atoms with Crippen LogP contribution in [0.2, 0.25) is 0 Å². The Bertz CT molecular complexity index is 803. The second-order valence-corrected chi connectivity index (χ2v) is 6.89. The average Bonchev–Trinajstić information content (AvgIpc) is 3.37. The lowest BCUT2D eigenvalue weighted by molar-refractivity contribution is -0.121. The normalized spacial score (nSPS) is 13.9. The van der Waals surface area contributed by atoms with Gasteiger partial charge in [-0.05, 0) is 56.4 Å². The van der Waals surface area contributed by atoms with Gasteiger partial charge in [0, 0.05) is 49.2 Å². The molecule has 1 amide bonds. The van der Waals surface area contributed by atoms with Crippen LogP contribution in [-0.4, -0.2) is 42.5 Å². The van der Waals surface area contributed by atoms with Gasteiger partial charge in [0.15, 0.2) is 5.96 Å². The van der Waals surface area contributed by atoms with Gasteiger partial charge in [-0.3, -0.25) is 9.79 Å². The van der Waals surface area contributed by atoms with Crippen molar-refractivity contribution in [2.24, 2.45) is 4.99 Å². The van der Waals surface area contributed by atoms with E-state index in [0.717, 1.165) is 61.2 Å². The van der Waals surface area contributed by atoms with Crippen LogP contribution in [0.3, 0.4) is 0 Å². The molecule has 0 aliphatic heterocycles. The van der Waals surface area contributed by atoms with Crippen molar-refractivity contribution in [1.29, 1.82) is 0 Å². The highest BCUT2D eigenvalue weighted by Crippen LogP contribution is 2.19. The van der Waals surface area contributed by atoms with Crippen LogP contribution in [0, 0.1) is 5.82 Å². The molecule has 1 aromatic carbocycles. The van der Waals surface area contributed by atoms with Crippen LogP contribution in [0.15, 0.2) is 29.4 Å². The van der Waals surface area contributed by atoms with Crippen LogP contribution in [0.5, 0.6) is 0 Å². The summed E-state index contributed by atoms with van der Waals surface area (Å²) in [6, 6.07) is 5.22. The van der Waals surface area contributed by atoms with E-state index < -0.39 is 0 Å². The molecule has 1 heterocycles. The van der Waals surface area contributed by atoms with Crippen molar-refractivity contribution in [3.8, 4) is 0 Å². The predicted octanol–water partition coefficient (Wildman–Crippen LogP) is 3.08. The van der Waals surface area contributed by atoms with Gasteiger partial charge < -0.3 is 20.9 Å². The number of rotatable bonds is 9. The molecule has 0 saturated heterocycles. The first-order chi connectivity index (χ1) is 13.2. The minimum absolute atomic E-state index is 0. The summed E-state index contributed by atoms with van der Waals surface area (Å²) in [7, 11) is 0. The Morgan fingerprint density at radius 3 is 2.89 bits per heavy atom. The highest BCUT2D eigenvalue weighted by molar-refractivity contribution is 14.0. The fourth-order valence-corrected chi connectivity index (χ4v) is 2.98. The van der Waals surface area contributed by atoms with Crippen LogP contribution in [-0.2, 0) is 11.2 Å². The van der Waals surface area contributed by atoms with Crippen molar-refractivity contribution in [3.63, 3.8) is 0 Å². The third kappa shape index (κ3) is 6.96. The summed E-state index contributed by atoms with van der Waals surface area (Å²) >= 11 is 0. The van der Waals surface area contributed by atoms with E-state index in [2.05, 4.69) is 25.9 Å². The Kier molecular flexibility index (Phi) is 9.01. The van der Waals surface area contributed by atoms with E-state index in [1.54, 1.807) is 0 Å². The number of guanidine groups is 1. The van der Waals surface area contributed by atoms with Crippen LogP contribution in [0.1, 0.15) is 38.2 Å². The maximum Gasteiger partial charge on any atom is 0.220 e. The number of hydrogen-bond acceptors (Lipinski definition) is 2. The molecule has 1 aliphatic carbocycles. The molecule has 4 N–H and O–H groups in total. The van der Waals surface area contributed by atoms with Gasteiger partial charge in [0.05, 0.1) is 0 Å². The summed E-state index contributed by atoms with van der Waals surface area (Å²) in [5.74, 6) is 0.647. The molecule has 28 heavy (non-hydrogen) atoms. The Morgan fingerprint density at radius 1 is 1.32 bits per heavy atom. The molecule has 154 valence electrons. The van der Waals surface area contributed by atoms with Crippen LogP contribution < -0.4 is 16.0 Å². The van der Waals surface area contributed by atoms with E-state index in [-0.39, 0.29) is 35.7 Å². The van der Waals surface area contributed by atoms with Gasteiger partial charge in [-0.2, -0.15) is 0 Å². The zero-order valence-corrected chi connectivity index (χ0v) is 18.5. The third-order valence-electron chi connectivity index (χ3n) is 4.53. The summed E-state index contributed by atoms with van der Waals surface area (Å²) in [4.78, 5) is 19.3. The molecule has 8 heteroatoms. The summed E-state index contributed by atoms with van der Waals surface area (Å²) in [6.45, 7) is 4.13. The molecular weight excluding hydrogens is 472 g/mol. The van der Waals surface area contributed by atoms with Crippen molar-refractivity contribution in [2.75, 3.05) is 19.6 Å². The first-order valence-corrected chi connectivity index (χ1v) is 9.72. The lowest BCUT2D eigenvalue weighted by Gasteiger charge is -2.11. The molecule has 0 atom stereocenters. The number of amides is 1. The fraction of sp³-hybridized carbons (Fsp3) is 0.500. The highest BCUT2D eigenvalue weighted by Gasteiger charge is 2.22. The monoisotopic (exact) mass is 501 g/mol. The zero-order valence-electron chi connectivity index (χ0n) is 16.2. The molecule has 1 saturated carbocycles. The molecule has 1 aliphatic rings. The van der Waals surface area contributed by atoms with Gasteiger partial charge in [0.1, 0.15) is 5.82 Å². The quantitative estimate of drug-likeness (QED) is 0.185. The largest absolute Gasteiger partial charge is 0.361 e. The van der Waals surface area contributed by atoms with E-state index >= 15 is 0 Å². The molecule has 0 bridgehead atoms. The number of aromatic amines is 1. The van der Waals surface area contributed by atoms with Crippen molar-refractivity contribution in [1.82, 2.24) is 20.9 Å². The first-order valence-electron chi connectivity index (χ1n) is 9.72. The SMILES string of the molecule is CCNC(=NCCCC(=O)NC1CC1)NCCc1c[nH]c2cc(F)ccc12.I. The zero-order chi connectivity index (χ0) is 19.1. The van der Waals surface area contributed by atoms with Gasteiger partial charge in [0.2, 0.25) is 5.91 Å². The highest BCUT2D eigenvalue weighted by atomic mass is 127. The summed E-state index contributed by atoms with van der Waals surface area (Å²) in [6.07, 6.45) is 6.22. The molecule has 6 nitrogen and oxygen atoms in total. The maximum absolute atomic E-state index is 13.3. The van der Waals surface area contributed by atoms with Crippen molar-refractivity contribution in [2.45, 2.75) is 45.1 Å². The standard InChI is InChI=1S/C20H28FN5O.HI/c1-2-22-20(23-10-3-4-19(27)26-16-6-7-16)24-11-9-14-13-25-18-12-15(21)5-8-17(14)18;/h5,8,12-13,16,25H,2-4,6-7,9-11H2,1H3,(H,26,27)(H2,22,23,24);1H. The van der Waals surface area contributed by atoms with Crippen molar-refractivity contribution < 1.29 is 9.18 Å². The van der Waals surface area contributed by atoms with Gasteiger partial charge in [-0.1, -0.05) is 0 Å². The third-order valence-corrected chi connectivity index (χ3v) is 4.53. The number of halogens is 2. The Balaban J connectivity index is 0.00000280. The number of carbonyl (C=O) groups excluding carboxylic acids is 1. The Labute approximate surface area is 182 Å². The minimum atomic E-state index is -0.235. The second kappa shape index (κ2) is 11.2. The molecule has 0 radical (unpaired) electrons. The van der Waals surface area contributed by atoms with Crippen LogP contribution in [0.4, 0.5) is 4.39 Å². The number of hydrogen-bond donors (Lipinski definition) is 4. The molecule has 1 fully saturated rings. The summed E-state index contributed by atoms with van der Waals surface area (Å²) in [5, 5.41) is 10.6. The minimum Gasteiger partial charge on any atom is -0.361 e. The number of fused-ring (bicyclic) bond motifs is 1. The molecule has 0 unspecified atom stereocenters. The number of H-pyrrole nitrogens is 1. The van der Waals surface area contributed by atoms with E-state index in [1.807, 2.05) is 19.2 Å². The number of aromatic nitrogens is 1. The number of benzene rings is 1. The average molecular weight is 501 g/mol. The van der Waals surface area contributed by atoms with Gasteiger partial charge in [0.25, 0.3) is 0 Å². The molecule has 3 rings (SSSR count). The topological polar surface area (TPSA) is 81.3 Å². The molecule has 1 aromatic heterocycles. The smallest absolute Gasteiger partial charge is 0.220 e. The van der Waals surface area contributed by atoms with Gasteiger partial charge in [-0.15, -0.1) is 24.0 Å². The molecule has 0 spiro atoms. The number of nitrogens with one attached hydrogen (secondary N) is 4. The van der Waals surface area contributed by atoms with Crippen molar-refractivity contribution in [3.05, 3.63) is 35.8 Å². The maximum atomic E-state index is 13.3. The van der Waals surface area contributed by atoms with E-state index in [4.69, 9.17) is 0 Å². The van der Waals surface area contributed by atoms with E-state index in [9.17, 15) is 9.18 Å². The number of nitrogens with zero attached hydrogens (tertiary/aromatic N) is 1. The lowest BCUT2D eigenvalue weighted by Crippen LogP contribution is -2.38. The fourth-order valence-electron chi connectivity index (χ4n) is 2.98. The Morgan fingerprint density at radius 2 is 2.14 bits per heavy atom. The molecule has 2 aromatic rings. The van der Waals surface area contributed by atoms with Crippen LogP contribution in [0.25, 0.3) is 10.9 Å². The second-order valence-electron chi connectivity index (χ2n) is 6.89. The van der Waals surface area contributed by atoms with E-state index in [0.29, 0.717) is 19.0 Å². The number of carbonyl (C=O) groups is 1. The summed E-state index contributed by atoms with van der Waals surface area (Å²) in [5.41, 5.74) is 1.96.